The Hall–Kier alpha value is -0.610. The molecule has 0 fully saturated rings. The molecule has 0 saturated heterocycles. The van der Waals surface area contributed by atoms with Gasteiger partial charge in [-0.3, -0.25) is 4.79 Å². The smallest absolute Gasteiger partial charge is 0.246 e. The van der Waals surface area contributed by atoms with Crippen LogP contribution in [0.3, 0.4) is 0 Å². The summed E-state index contributed by atoms with van der Waals surface area (Å²) in [6.07, 6.45) is 0. The molecule has 1 unspecified atom stereocenters. The lowest BCUT2D eigenvalue weighted by Gasteiger charge is -2.34. The monoisotopic (exact) mass is 230 g/mol. The van der Waals surface area contributed by atoms with Gasteiger partial charge in [0.1, 0.15) is 6.61 Å². The van der Waals surface area contributed by atoms with Gasteiger partial charge in [-0.1, -0.05) is 13.8 Å². The van der Waals surface area contributed by atoms with Crippen molar-refractivity contribution in [2.24, 2.45) is 11.7 Å². The highest BCUT2D eigenvalue weighted by atomic mass is 16.5. The van der Waals surface area contributed by atoms with Crippen LogP contribution in [0.2, 0.25) is 0 Å². The molecule has 96 valence electrons. The quantitative estimate of drug-likeness (QED) is 0.748. The van der Waals surface area contributed by atoms with Gasteiger partial charge >= 0.3 is 0 Å². The molecule has 0 saturated carbocycles. The first-order valence-corrected chi connectivity index (χ1v) is 5.76. The molecule has 0 heterocycles. The fraction of sp³-hybridized carbons (Fsp3) is 0.917. The van der Waals surface area contributed by atoms with Gasteiger partial charge in [-0.2, -0.15) is 0 Å². The van der Waals surface area contributed by atoms with E-state index >= 15 is 0 Å². The predicted octanol–water partition coefficient (Wildman–Crippen LogP) is 1.29. The van der Waals surface area contributed by atoms with Crippen LogP contribution in [0.1, 0.15) is 41.5 Å². The Bertz CT molecular complexity index is 234. The Morgan fingerprint density at radius 3 is 2.12 bits per heavy atom. The maximum absolute atomic E-state index is 11.7. The second-order valence-electron chi connectivity index (χ2n) is 5.73. The molecule has 0 aromatic carbocycles. The van der Waals surface area contributed by atoms with Gasteiger partial charge in [-0.15, -0.1) is 0 Å². The third-order valence-corrected chi connectivity index (χ3v) is 2.76. The van der Waals surface area contributed by atoms with Gasteiger partial charge in [0.25, 0.3) is 0 Å². The van der Waals surface area contributed by atoms with E-state index in [1.807, 2.05) is 41.5 Å². The molecule has 1 atom stereocenters. The van der Waals surface area contributed by atoms with Crippen LogP contribution in [-0.2, 0) is 9.53 Å². The van der Waals surface area contributed by atoms with E-state index in [0.29, 0.717) is 6.54 Å². The molecule has 0 aromatic heterocycles. The van der Waals surface area contributed by atoms with Crippen molar-refractivity contribution in [2.75, 3.05) is 13.2 Å². The van der Waals surface area contributed by atoms with E-state index in [1.165, 1.54) is 0 Å². The van der Waals surface area contributed by atoms with Crippen molar-refractivity contribution in [1.29, 1.82) is 0 Å². The summed E-state index contributed by atoms with van der Waals surface area (Å²) in [4.78, 5) is 11.7. The number of hydrogen-bond donors (Lipinski definition) is 2. The molecule has 0 aliphatic rings. The molecule has 0 rings (SSSR count). The van der Waals surface area contributed by atoms with E-state index < -0.39 is 0 Å². The average Bonchev–Trinajstić information content (AvgIpc) is 2.13. The Kier molecular flexibility index (Phi) is 5.42. The third kappa shape index (κ3) is 5.47. The molecular weight excluding hydrogens is 204 g/mol. The van der Waals surface area contributed by atoms with E-state index in [-0.39, 0.29) is 29.6 Å². The normalized spacial score (nSPS) is 16.0. The van der Waals surface area contributed by atoms with Gasteiger partial charge in [-0.25, -0.2) is 0 Å². The lowest BCUT2D eigenvalue weighted by atomic mass is 9.88. The molecule has 3 N–H and O–H groups in total. The molecule has 4 heteroatoms. The van der Waals surface area contributed by atoms with Crippen LogP contribution in [0.15, 0.2) is 0 Å². The zero-order valence-corrected chi connectivity index (χ0v) is 11.4. The van der Waals surface area contributed by atoms with Crippen molar-refractivity contribution in [3.63, 3.8) is 0 Å². The maximum Gasteiger partial charge on any atom is 0.246 e. The molecule has 0 aliphatic heterocycles. The molecule has 16 heavy (non-hydrogen) atoms. The van der Waals surface area contributed by atoms with E-state index in [1.54, 1.807) is 0 Å². The number of nitrogens with one attached hydrogen (secondary N) is 1. The largest absolute Gasteiger partial charge is 0.366 e. The van der Waals surface area contributed by atoms with E-state index in [0.717, 1.165) is 0 Å². The average molecular weight is 230 g/mol. The standard InChI is InChI=1S/C12H26N2O2/c1-9(2)12(6,8-13)14-10(15)7-16-11(3,4)5/h9H,7-8,13H2,1-6H3,(H,14,15). The van der Waals surface area contributed by atoms with E-state index in [2.05, 4.69) is 5.32 Å². The van der Waals surface area contributed by atoms with Crippen molar-refractivity contribution in [3.05, 3.63) is 0 Å². The number of hydrogen-bond acceptors (Lipinski definition) is 3. The topological polar surface area (TPSA) is 64.3 Å². The van der Waals surface area contributed by atoms with E-state index in [9.17, 15) is 4.79 Å². The Morgan fingerprint density at radius 2 is 1.81 bits per heavy atom. The lowest BCUT2D eigenvalue weighted by molar-refractivity contribution is -0.132. The first-order valence-electron chi connectivity index (χ1n) is 5.76. The van der Waals surface area contributed by atoms with Crippen molar-refractivity contribution < 1.29 is 9.53 Å². The summed E-state index contributed by atoms with van der Waals surface area (Å²) in [5, 5.41) is 2.93. The summed E-state index contributed by atoms with van der Waals surface area (Å²) in [5.41, 5.74) is 5.02. The highest BCUT2D eigenvalue weighted by Gasteiger charge is 2.28. The summed E-state index contributed by atoms with van der Waals surface area (Å²) in [6.45, 7) is 12.3. The fourth-order valence-electron chi connectivity index (χ4n) is 1.07. The Morgan fingerprint density at radius 1 is 1.31 bits per heavy atom. The predicted molar refractivity (Wildman–Crippen MR) is 66.1 cm³/mol. The lowest BCUT2D eigenvalue weighted by Crippen LogP contribution is -2.56. The van der Waals surface area contributed by atoms with Gasteiger partial charge in [0.05, 0.1) is 11.1 Å². The zero-order chi connectivity index (χ0) is 13.0. The van der Waals surface area contributed by atoms with Crippen LogP contribution in [0.4, 0.5) is 0 Å². The summed E-state index contributed by atoms with van der Waals surface area (Å²) < 4.78 is 5.41. The molecule has 1 amide bonds. The van der Waals surface area contributed by atoms with Crippen molar-refractivity contribution in [1.82, 2.24) is 5.32 Å². The van der Waals surface area contributed by atoms with Crippen molar-refractivity contribution >= 4 is 5.91 Å². The molecule has 0 bridgehead atoms. The molecule has 0 aliphatic carbocycles. The van der Waals surface area contributed by atoms with Crippen LogP contribution >= 0.6 is 0 Å². The number of rotatable bonds is 5. The van der Waals surface area contributed by atoms with Crippen molar-refractivity contribution in [2.45, 2.75) is 52.7 Å². The minimum absolute atomic E-state index is 0.0752. The molecular formula is C12H26N2O2. The number of nitrogens with two attached hydrogens (primary N) is 1. The van der Waals surface area contributed by atoms with Crippen LogP contribution < -0.4 is 11.1 Å². The van der Waals surface area contributed by atoms with Gasteiger partial charge in [0.15, 0.2) is 0 Å². The third-order valence-electron chi connectivity index (χ3n) is 2.76. The Labute approximate surface area is 98.9 Å². The maximum atomic E-state index is 11.7. The van der Waals surface area contributed by atoms with Gasteiger partial charge in [0, 0.05) is 6.54 Å². The highest BCUT2D eigenvalue weighted by Crippen LogP contribution is 2.14. The highest BCUT2D eigenvalue weighted by molar-refractivity contribution is 5.78. The Balaban J connectivity index is 4.23. The number of ether oxygens (including phenoxy) is 1. The number of carbonyl (C=O) groups excluding carboxylic acids is 1. The number of amides is 1. The van der Waals surface area contributed by atoms with Gasteiger partial charge in [-0.05, 0) is 33.6 Å². The van der Waals surface area contributed by atoms with Gasteiger partial charge in [0.2, 0.25) is 5.91 Å². The number of carbonyl (C=O) groups is 1. The summed E-state index contributed by atoms with van der Waals surface area (Å²) in [6, 6.07) is 0. The molecule has 0 radical (unpaired) electrons. The second kappa shape index (κ2) is 5.64. The summed E-state index contributed by atoms with van der Waals surface area (Å²) in [7, 11) is 0. The van der Waals surface area contributed by atoms with Crippen LogP contribution in [0.25, 0.3) is 0 Å². The fourth-order valence-corrected chi connectivity index (χ4v) is 1.07. The minimum Gasteiger partial charge on any atom is -0.366 e. The second-order valence-corrected chi connectivity index (χ2v) is 5.73. The van der Waals surface area contributed by atoms with Crippen molar-refractivity contribution in [3.8, 4) is 0 Å². The van der Waals surface area contributed by atoms with Crippen LogP contribution in [0.5, 0.6) is 0 Å². The first kappa shape index (κ1) is 15.4. The van der Waals surface area contributed by atoms with Gasteiger partial charge < -0.3 is 15.8 Å². The van der Waals surface area contributed by atoms with Crippen LogP contribution in [-0.4, -0.2) is 30.2 Å². The zero-order valence-electron chi connectivity index (χ0n) is 11.4. The van der Waals surface area contributed by atoms with Crippen LogP contribution in [0, 0.1) is 5.92 Å². The summed E-state index contributed by atoms with van der Waals surface area (Å²) in [5.74, 6) is 0.174. The minimum atomic E-state index is -0.363. The molecule has 4 nitrogen and oxygen atoms in total. The summed E-state index contributed by atoms with van der Waals surface area (Å²) >= 11 is 0. The SMILES string of the molecule is CC(C)C(C)(CN)NC(=O)COC(C)(C)C. The molecule has 0 aromatic rings. The van der Waals surface area contributed by atoms with E-state index in [4.69, 9.17) is 10.5 Å². The molecule has 0 spiro atoms. The first-order chi connectivity index (χ1) is 7.10.